The molecule has 1 unspecified atom stereocenters. The van der Waals surface area contributed by atoms with E-state index in [0.717, 1.165) is 63.4 Å². The predicted molar refractivity (Wildman–Crippen MR) is 109 cm³/mol. The fourth-order valence-corrected chi connectivity index (χ4v) is 6.35. The maximum atomic E-state index is 13.0. The number of ether oxygens (including phenoxy) is 1. The first-order valence-electron chi connectivity index (χ1n) is 10.1. The van der Waals surface area contributed by atoms with E-state index in [1.165, 1.54) is 5.56 Å². The van der Waals surface area contributed by atoms with E-state index >= 15 is 0 Å². The van der Waals surface area contributed by atoms with E-state index in [0.29, 0.717) is 18.1 Å². The first kappa shape index (κ1) is 19.7. The van der Waals surface area contributed by atoms with Gasteiger partial charge in [0.05, 0.1) is 25.2 Å². The topological polar surface area (TPSA) is 70.2 Å². The van der Waals surface area contributed by atoms with Crippen molar-refractivity contribution in [2.45, 2.75) is 25.3 Å². The molecule has 0 radical (unpaired) electrons. The van der Waals surface area contributed by atoms with Crippen molar-refractivity contribution < 1.29 is 17.9 Å². The zero-order valence-corrected chi connectivity index (χ0v) is 17.3. The number of carbonyl (C=O) groups excluding carboxylic acids is 1. The number of hydrogen-bond donors (Lipinski definition) is 0. The number of fused-ring (bicyclic) bond motifs is 1. The van der Waals surface area contributed by atoms with Crippen LogP contribution in [0.2, 0.25) is 0 Å². The highest BCUT2D eigenvalue weighted by atomic mass is 32.2. The van der Waals surface area contributed by atoms with Crippen molar-refractivity contribution >= 4 is 21.4 Å². The van der Waals surface area contributed by atoms with E-state index in [2.05, 4.69) is 9.80 Å². The third kappa shape index (κ3) is 4.18. The van der Waals surface area contributed by atoms with Crippen LogP contribution in [-0.2, 0) is 21.1 Å². The van der Waals surface area contributed by atoms with Gasteiger partial charge < -0.3 is 9.64 Å². The molecule has 1 amide bonds. The average molecular weight is 408 g/mol. The van der Waals surface area contributed by atoms with Gasteiger partial charge in [0, 0.05) is 44.5 Å². The Morgan fingerprint density at radius 3 is 2.64 bits per heavy atom. The fourth-order valence-electron chi connectivity index (χ4n) is 4.59. The molecule has 0 bridgehead atoms. The molecule has 7 nitrogen and oxygen atoms in total. The molecule has 1 aromatic carbocycles. The van der Waals surface area contributed by atoms with Crippen LogP contribution >= 0.6 is 0 Å². The van der Waals surface area contributed by atoms with E-state index in [-0.39, 0.29) is 11.9 Å². The van der Waals surface area contributed by atoms with Crippen LogP contribution in [0.4, 0.5) is 5.69 Å². The summed E-state index contributed by atoms with van der Waals surface area (Å²) >= 11 is 0. The molecule has 0 aliphatic carbocycles. The maximum Gasteiger partial charge on any atom is 0.241 e. The van der Waals surface area contributed by atoms with Gasteiger partial charge in [-0.2, -0.15) is 0 Å². The van der Waals surface area contributed by atoms with Crippen LogP contribution in [0.3, 0.4) is 0 Å². The molecule has 8 heteroatoms. The maximum absolute atomic E-state index is 13.0. The molecule has 3 aliphatic heterocycles. The minimum atomic E-state index is -2.85. The van der Waals surface area contributed by atoms with Crippen LogP contribution in [-0.4, -0.2) is 88.1 Å². The van der Waals surface area contributed by atoms with Crippen molar-refractivity contribution in [2.24, 2.45) is 0 Å². The lowest BCUT2D eigenvalue weighted by Gasteiger charge is -2.38. The first-order chi connectivity index (χ1) is 13.4. The number of hydrogen-bond acceptors (Lipinski definition) is 6. The van der Waals surface area contributed by atoms with Crippen molar-refractivity contribution in [3.8, 4) is 5.75 Å². The molecule has 1 atom stereocenters. The van der Waals surface area contributed by atoms with Gasteiger partial charge in [0.25, 0.3) is 0 Å². The standard InChI is InChI=1S/C20H29N3O4S/c1-27-18-4-5-19-16(13-18)3-2-7-23(19)20(24)14-21-8-10-22(11-9-21)17-6-12-28(25,26)15-17/h4-5,13,17H,2-3,6-12,14-15H2,1H3. The molecule has 28 heavy (non-hydrogen) atoms. The SMILES string of the molecule is COc1ccc2c(c1)CCCN2C(=O)CN1CCN(C2CCS(=O)(=O)C2)CC1. The van der Waals surface area contributed by atoms with E-state index < -0.39 is 9.84 Å². The number of anilines is 1. The molecule has 2 saturated heterocycles. The Hall–Kier alpha value is -1.64. The molecule has 0 aromatic heterocycles. The molecule has 3 heterocycles. The molecule has 2 fully saturated rings. The number of piperazine rings is 1. The molecule has 0 N–H and O–H groups in total. The molecule has 0 saturated carbocycles. The van der Waals surface area contributed by atoms with Gasteiger partial charge in [-0.1, -0.05) is 0 Å². The smallest absolute Gasteiger partial charge is 0.241 e. The number of aryl methyl sites for hydroxylation is 1. The Morgan fingerprint density at radius 1 is 1.18 bits per heavy atom. The summed E-state index contributed by atoms with van der Waals surface area (Å²) in [7, 11) is -1.19. The Morgan fingerprint density at radius 2 is 1.96 bits per heavy atom. The molecular formula is C20H29N3O4S. The van der Waals surface area contributed by atoms with E-state index in [1.54, 1.807) is 7.11 Å². The Labute approximate surface area is 167 Å². The quantitative estimate of drug-likeness (QED) is 0.735. The van der Waals surface area contributed by atoms with Crippen LogP contribution < -0.4 is 9.64 Å². The number of methoxy groups -OCH3 is 1. The number of benzene rings is 1. The number of amides is 1. The van der Waals surface area contributed by atoms with Crippen LogP contribution in [0, 0.1) is 0 Å². The van der Waals surface area contributed by atoms with Crippen molar-refractivity contribution in [2.75, 3.05) is 62.8 Å². The van der Waals surface area contributed by atoms with Gasteiger partial charge in [-0.3, -0.25) is 14.6 Å². The van der Waals surface area contributed by atoms with E-state index in [9.17, 15) is 13.2 Å². The van der Waals surface area contributed by atoms with Gasteiger partial charge in [-0.15, -0.1) is 0 Å². The molecule has 154 valence electrons. The number of carbonyl (C=O) groups is 1. The monoisotopic (exact) mass is 407 g/mol. The van der Waals surface area contributed by atoms with Crippen molar-refractivity contribution in [1.29, 1.82) is 0 Å². The van der Waals surface area contributed by atoms with Crippen LogP contribution in [0.25, 0.3) is 0 Å². The number of nitrogens with zero attached hydrogens (tertiary/aromatic N) is 3. The summed E-state index contributed by atoms with van der Waals surface area (Å²) < 4.78 is 28.7. The van der Waals surface area contributed by atoms with Gasteiger partial charge in [-0.25, -0.2) is 8.42 Å². The highest BCUT2D eigenvalue weighted by Gasteiger charge is 2.34. The van der Waals surface area contributed by atoms with E-state index in [1.807, 2.05) is 23.1 Å². The van der Waals surface area contributed by atoms with Crippen molar-refractivity contribution in [1.82, 2.24) is 9.80 Å². The van der Waals surface area contributed by atoms with E-state index in [4.69, 9.17) is 4.74 Å². The predicted octanol–water partition coefficient (Wildman–Crippen LogP) is 0.779. The number of sulfone groups is 1. The molecular weight excluding hydrogens is 378 g/mol. The Bertz CT molecular complexity index is 834. The van der Waals surface area contributed by atoms with Gasteiger partial charge in [0.15, 0.2) is 9.84 Å². The second kappa shape index (κ2) is 8.00. The summed E-state index contributed by atoms with van der Waals surface area (Å²) in [4.78, 5) is 19.4. The van der Waals surface area contributed by atoms with Gasteiger partial charge in [-0.05, 0) is 43.0 Å². The number of rotatable bonds is 4. The Balaban J connectivity index is 1.33. The summed E-state index contributed by atoms with van der Waals surface area (Å²) in [6, 6.07) is 6.10. The Kier molecular flexibility index (Phi) is 5.62. The third-order valence-electron chi connectivity index (χ3n) is 6.20. The highest BCUT2D eigenvalue weighted by Crippen LogP contribution is 2.30. The normalized spacial score (nSPS) is 25.5. The molecule has 4 rings (SSSR count). The van der Waals surface area contributed by atoms with Gasteiger partial charge >= 0.3 is 0 Å². The lowest BCUT2D eigenvalue weighted by Crippen LogP contribution is -2.53. The summed E-state index contributed by atoms with van der Waals surface area (Å²) in [6.45, 7) is 4.47. The zero-order chi connectivity index (χ0) is 19.7. The summed E-state index contributed by atoms with van der Waals surface area (Å²) in [6.07, 6.45) is 2.68. The minimum Gasteiger partial charge on any atom is -0.497 e. The van der Waals surface area contributed by atoms with Gasteiger partial charge in [0.2, 0.25) is 5.91 Å². The molecule has 3 aliphatic rings. The fraction of sp³-hybridized carbons (Fsp3) is 0.650. The average Bonchev–Trinajstić information content (AvgIpc) is 3.07. The van der Waals surface area contributed by atoms with Crippen LogP contribution in [0.1, 0.15) is 18.4 Å². The van der Waals surface area contributed by atoms with Crippen LogP contribution in [0.5, 0.6) is 5.75 Å². The zero-order valence-electron chi connectivity index (χ0n) is 16.5. The highest BCUT2D eigenvalue weighted by molar-refractivity contribution is 7.91. The summed E-state index contributed by atoms with van der Waals surface area (Å²) in [5.41, 5.74) is 2.18. The van der Waals surface area contributed by atoms with Crippen molar-refractivity contribution in [3.63, 3.8) is 0 Å². The van der Waals surface area contributed by atoms with Gasteiger partial charge in [0.1, 0.15) is 5.75 Å². The second-order valence-electron chi connectivity index (χ2n) is 8.01. The third-order valence-corrected chi connectivity index (χ3v) is 7.95. The lowest BCUT2D eigenvalue weighted by atomic mass is 10.0. The molecule has 0 spiro atoms. The lowest BCUT2D eigenvalue weighted by molar-refractivity contribution is -0.120. The molecule has 1 aromatic rings. The van der Waals surface area contributed by atoms with Crippen LogP contribution in [0.15, 0.2) is 18.2 Å². The summed E-state index contributed by atoms with van der Waals surface area (Å²) in [5.74, 6) is 1.58. The van der Waals surface area contributed by atoms with Crippen molar-refractivity contribution in [3.05, 3.63) is 23.8 Å². The largest absolute Gasteiger partial charge is 0.497 e. The first-order valence-corrected chi connectivity index (χ1v) is 11.9. The second-order valence-corrected chi connectivity index (χ2v) is 10.2. The summed E-state index contributed by atoms with van der Waals surface area (Å²) in [5, 5.41) is 0. The minimum absolute atomic E-state index is 0.142.